The highest BCUT2D eigenvalue weighted by Crippen LogP contribution is 2.25. The monoisotopic (exact) mass is 323 g/mol. The molecule has 0 radical (unpaired) electrons. The van der Waals surface area contributed by atoms with E-state index >= 15 is 0 Å². The molecule has 0 saturated heterocycles. The number of nitrogens with zero attached hydrogens (tertiary/aromatic N) is 1. The van der Waals surface area contributed by atoms with Crippen molar-refractivity contribution in [3.63, 3.8) is 0 Å². The van der Waals surface area contributed by atoms with Gasteiger partial charge in [0.15, 0.2) is 0 Å². The van der Waals surface area contributed by atoms with Gasteiger partial charge in [-0.15, -0.1) is 11.8 Å². The molecule has 1 heterocycles. The standard InChI is InChI=1S/C20H21NOS/c1-16-8-13-20(17-9-11-19(23-2)12-10-17)21(16)14-15-22-18-6-4-3-5-7-18/h3-13H,14-15H2,1-2H3. The van der Waals surface area contributed by atoms with Crippen LogP contribution >= 0.6 is 11.8 Å². The Bertz CT molecular complexity index is 747. The molecule has 0 saturated carbocycles. The summed E-state index contributed by atoms with van der Waals surface area (Å²) in [6, 6.07) is 23.1. The second-order valence-electron chi connectivity index (χ2n) is 5.40. The number of ether oxygens (including phenoxy) is 1. The molecule has 0 aliphatic carbocycles. The minimum absolute atomic E-state index is 0.662. The van der Waals surface area contributed by atoms with Gasteiger partial charge in [-0.05, 0) is 55.1 Å². The highest BCUT2D eigenvalue weighted by Gasteiger charge is 2.07. The summed E-state index contributed by atoms with van der Waals surface area (Å²) in [6.07, 6.45) is 2.10. The Morgan fingerprint density at radius 3 is 2.35 bits per heavy atom. The normalized spacial score (nSPS) is 10.7. The zero-order chi connectivity index (χ0) is 16.1. The van der Waals surface area contributed by atoms with E-state index in [1.165, 1.54) is 21.8 Å². The van der Waals surface area contributed by atoms with Gasteiger partial charge in [0.2, 0.25) is 0 Å². The molecule has 0 N–H and O–H groups in total. The molecule has 118 valence electrons. The third kappa shape index (κ3) is 3.80. The summed E-state index contributed by atoms with van der Waals surface area (Å²) in [5.41, 5.74) is 3.74. The summed E-state index contributed by atoms with van der Waals surface area (Å²) in [5.74, 6) is 0.920. The molecule has 0 bridgehead atoms. The van der Waals surface area contributed by atoms with E-state index in [2.05, 4.69) is 54.1 Å². The topological polar surface area (TPSA) is 14.2 Å². The summed E-state index contributed by atoms with van der Waals surface area (Å²) in [7, 11) is 0. The van der Waals surface area contributed by atoms with Crippen molar-refractivity contribution in [2.24, 2.45) is 0 Å². The zero-order valence-electron chi connectivity index (χ0n) is 13.5. The predicted molar refractivity (Wildman–Crippen MR) is 98.3 cm³/mol. The van der Waals surface area contributed by atoms with E-state index in [0.29, 0.717) is 6.61 Å². The molecule has 0 unspecified atom stereocenters. The van der Waals surface area contributed by atoms with E-state index in [0.717, 1.165) is 12.3 Å². The van der Waals surface area contributed by atoms with Crippen LogP contribution in [0.4, 0.5) is 0 Å². The number of para-hydroxylation sites is 1. The molecule has 0 aliphatic heterocycles. The number of thioether (sulfide) groups is 1. The third-order valence-corrected chi connectivity index (χ3v) is 4.66. The number of rotatable bonds is 6. The van der Waals surface area contributed by atoms with Crippen LogP contribution in [0.2, 0.25) is 0 Å². The first-order valence-corrected chi connectivity index (χ1v) is 8.99. The number of hydrogen-bond donors (Lipinski definition) is 0. The smallest absolute Gasteiger partial charge is 0.119 e. The summed E-state index contributed by atoms with van der Waals surface area (Å²) < 4.78 is 8.15. The van der Waals surface area contributed by atoms with Crippen molar-refractivity contribution in [3.8, 4) is 17.0 Å². The van der Waals surface area contributed by atoms with Crippen molar-refractivity contribution in [2.45, 2.75) is 18.4 Å². The molecule has 2 aromatic carbocycles. The number of aromatic nitrogens is 1. The van der Waals surface area contributed by atoms with Gasteiger partial charge in [0, 0.05) is 16.3 Å². The van der Waals surface area contributed by atoms with Gasteiger partial charge in [-0.3, -0.25) is 0 Å². The molecule has 0 amide bonds. The van der Waals surface area contributed by atoms with Gasteiger partial charge in [0.05, 0.1) is 6.54 Å². The highest BCUT2D eigenvalue weighted by molar-refractivity contribution is 7.98. The molecule has 0 fully saturated rings. The van der Waals surface area contributed by atoms with Gasteiger partial charge in [0.1, 0.15) is 12.4 Å². The molecule has 2 nitrogen and oxygen atoms in total. The van der Waals surface area contributed by atoms with Crippen LogP contribution in [0, 0.1) is 6.92 Å². The van der Waals surface area contributed by atoms with Crippen LogP contribution in [0.5, 0.6) is 5.75 Å². The molecule has 23 heavy (non-hydrogen) atoms. The Balaban J connectivity index is 1.73. The lowest BCUT2D eigenvalue weighted by atomic mass is 10.1. The molecule has 0 aliphatic rings. The molecular weight excluding hydrogens is 302 g/mol. The van der Waals surface area contributed by atoms with E-state index in [1.807, 2.05) is 30.3 Å². The number of aryl methyl sites for hydroxylation is 1. The first kappa shape index (κ1) is 15.8. The van der Waals surface area contributed by atoms with Gasteiger partial charge in [-0.1, -0.05) is 30.3 Å². The largest absolute Gasteiger partial charge is 0.492 e. The number of hydrogen-bond acceptors (Lipinski definition) is 2. The lowest BCUT2D eigenvalue weighted by Gasteiger charge is -2.13. The fourth-order valence-corrected chi connectivity index (χ4v) is 3.06. The van der Waals surface area contributed by atoms with E-state index in [4.69, 9.17) is 4.74 Å². The van der Waals surface area contributed by atoms with Crippen molar-refractivity contribution >= 4 is 11.8 Å². The average Bonchev–Trinajstić information content (AvgIpc) is 2.97. The predicted octanol–water partition coefficient (Wildman–Crippen LogP) is 5.26. The first-order chi connectivity index (χ1) is 11.3. The van der Waals surface area contributed by atoms with Gasteiger partial charge >= 0.3 is 0 Å². The Kier molecular flexibility index (Phi) is 5.09. The molecule has 3 aromatic rings. The van der Waals surface area contributed by atoms with Gasteiger partial charge in [0.25, 0.3) is 0 Å². The fraction of sp³-hybridized carbons (Fsp3) is 0.200. The van der Waals surface area contributed by atoms with Crippen molar-refractivity contribution in [2.75, 3.05) is 12.9 Å². The van der Waals surface area contributed by atoms with Crippen LogP contribution in [-0.2, 0) is 6.54 Å². The van der Waals surface area contributed by atoms with Gasteiger partial charge < -0.3 is 9.30 Å². The van der Waals surface area contributed by atoms with Crippen molar-refractivity contribution < 1.29 is 4.74 Å². The average molecular weight is 323 g/mol. The maximum Gasteiger partial charge on any atom is 0.119 e. The molecule has 0 spiro atoms. The van der Waals surface area contributed by atoms with Crippen LogP contribution < -0.4 is 4.74 Å². The van der Waals surface area contributed by atoms with Gasteiger partial charge in [-0.2, -0.15) is 0 Å². The van der Waals surface area contributed by atoms with E-state index in [-0.39, 0.29) is 0 Å². The lowest BCUT2D eigenvalue weighted by molar-refractivity contribution is 0.298. The van der Waals surface area contributed by atoms with E-state index in [1.54, 1.807) is 11.8 Å². The molecule has 3 rings (SSSR count). The van der Waals surface area contributed by atoms with Crippen molar-refractivity contribution in [1.29, 1.82) is 0 Å². The maximum absolute atomic E-state index is 5.84. The summed E-state index contributed by atoms with van der Waals surface area (Å²) in [4.78, 5) is 1.29. The minimum Gasteiger partial charge on any atom is -0.492 e. The second kappa shape index (κ2) is 7.42. The van der Waals surface area contributed by atoms with Gasteiger partial charge in [-0.25, -0.2) is 0 Å². The Labute approximate surface area is 142 Å². The Hall–Kier alpha value is -2.13. The summed E-state index contributed by atoms with van der Waals surface area (Å²) >= 11 is 1.77. The molecule has 0 atom stereocenters. The quantitative estimate of drug-likeness (QED) is 0.574. The van der Waals surface area contributed by atoms with Crippen LogP contribution in [0.25, 0.3) is 11.3 Å². The minimum atomic E-state index is 0.662. The Morgan fingerprint density at radius 2 is 1.65 bits per heavy atom. The van der Waals surface area contributed by atoms with Crippen molar-refractivity contribution in [3.05, 3.63) is 72.4 Å². The Morgan fingerprint density at radius 1 is 0.913 bits per heavy atom. The van der Waals surface area contributed by atoms with E-state index in [9.17, 15) is 0 Å². The van der Waals surface area contributed by atoms with E-state index < -0.39 is 0 Å². The summed E-state index contributed by atoms with van der Waals surface area (Å²) in [6.45, 7) is 3.64. The van der Waals surface area contributed by atoms with Crippen molar-refractivity contribution in [1.82, 2.24) is 4.57 Å². The maximum atomic E-state index is 5.84. The molecule has 1 aromatic heterocycles. The first-order valence-electron chi connectivity index (χ1n) is 7.76. The second-order valence-corrected chi connectivity index (χ2v) is 6.28. The van der Waals surface area contributed by atoms with Crippen LogP contribution in [0.15, 0.2) is 71.6 Å². The van der Waals surface area contributed by atoms with Crippen LogP contribution in [-0.4, -0.2) is 17.4 Å². The highest BCUT2D eigenvalue weighted by atomic mass is 32.2. The number of benzene rings is 2. The van der Waals surface area contributed by atoms with Crippen LogP contribution in [0.1, 0.15) is 5.69 Å². The molecular formula is C20H21NOS. The SMILES string of the molecule is CSc1ccc(-c2ccc(C)n2CCOc2ccccc2)cc1. The summed E-state index contributed by atoms with van der Waals surface area (Å²) in [5, 5.41) is 0. The fourth-order valence-electron chi connectivity index (χ4n) is 2.65. The third-order valence-electron chi connectivity index (χ3n) is 3.91. The van der Waals surface area contributed by atoms with Crippen LogP contribution in [0.3, 0.4) is 0 Å². The molecule has 3 heteroatoms. The lowest BCUT2D eigenvalue weighted by Crippen LogP contribution is -2.10. The zero-order valence-corrected chi connectivity index (χ0v) is 14.3.